The van der Waals surface area contributed by atoms with Crippen molar-refractivity contribution in [2.45, 2.75) is 13.5 Å². The number of methoxy groups -OCH3 is 2. The third-order valence-electron chi connectivity index (χ3n) is 3.77. The summed E-state index contributed by atoms with van der Waals surface area (Å²) in [6.45, 7) is 2.90. The van der Waals surface area contributed by atoms with Gasteiger partial charge in [0.1, 0.15) is 11.3 Å². The minimum atomic E-state index is 0.683. The van der Waals surface area contributed by atoms with Gasteiger partial charge in [-0.1, -0.05) is 6.07 Å². The van der Waals surface area contributed by atoms with Gasteiger partial charge in [0.15, 0.2) is 11.5 Å². The topological polar surface area (TPSA) is 62.3 Å². The van der Waals surface area contributed by atoms with Crippen LogP contribution in [0.4, 0.5) is 5.69 Å². The van der Waals surface area contributed by atoms with Gasteiger partial charge in [0.05, 0.1) is 25.4 Å². The average Bonchev–Trinajstić information content (AvgIpc) is 2.94. The number of nitrogens with zero attached hydrogens (tertiary/aromatic N) is 2. The van der Waals surface area contributed by atoms with E-state index in [2.05, 4.69) is 11.5 Å². The zero-order chi connectivity index (χ0) is 15.7. The summed E-state index contributed by atoms with van der Waals surface area (Å²) in [4.78, 5) is 4.73. The van der Waals surface area contributed by atoms with Gasteiger partial charge < -0.3 is 19.8 Å². The zero-order valence-electron chi connectivity index (χ0n) is 13.0. The summed E-state index contributed by atoms with van der Waals surface area (Å²) in [5.41, 5.74) is 9.57. The van der Waals surface area contributed by atoms with Crippen LogP contribution < -0.4 is 15.2 Å². The van der Waals surface area contributed by atoms with E-state index in [-0.39, 0.29) is 0 Å². The van der Waals surface area contributed by atoms with Crippen molar-refractivity contribution in [1.29, 1.82) is 0 Å². The first-order valence-electron chi connectivity index (χ1n) is 7.16. The van der Waals surface area contributed by atoms with Crippen molar-refractivity contribution in [3.63, 3.8) is 0 Å². The molecule has 2 aromatic carbocycles. The molecule has 22 heavy (non-hydrogen) atoms. The number of anilines is 1. The molecule has 0 radical (unpaired) electrons. The van der Waals surface area contributed by atoms with Crippen molar-refractivity contribution in [2.24, 2.45) is 0 Å². The smallest absolute Gasteiger partial charge is 0.161 e. The molecule has 0 saturated carbocycles. The molecule has 1 heterocycles. The van der Waals surface area contributed by atoms with Gasteiger partial charge in [-0.25, -0.2) is 4.98 Å². The number of nitrogen functional groups attached to an aromatic ring is 1. The van der Waals surface area contributed by atoms with Crippen molar-refractivity contribution in [1.82, 2.24) is 9.55 Å². The number of hydrogen-bond acceptors (Lipinski definition) is 4. The average molecular weight is 297 g/mol. The van der Waals surface area contributed by atoms with E-state index in [1.165, 1.54) is 0 Å². The van der Waals surface area contributed by atoms with Gasteiger partial charge in [0.2, 0.25) is 0 Å². The van der Waals surface area contributed by atoms with Gasteiger partial charge in [0, 0.05) is 12.1 Å². The Labute approximate surface area is 129 Å². The molecular formula is C17H19N3O2. The molecule has 0 fully saturated rings. The largest absolute Gasteiger partial charge is 0.493 e. The summed E-state index contributed by atoms with van der Waals surface area (Å²) < 4.78 is 12.8. The molecule has 3 aromatic rings. The van der Waals surface area contributed by atoms with E-state index in [0.717, 1.165) is 29.0 Å². The van der Waals surface area contributed by atoms with Gasteiger partial charge in [-0.3, -0.25) is 0 Å². The summed E-state index contributed by atoms with van der Waals surface area (Å²) in [7, 11) is 3.25. The number of ether oxygens (including phenoxy) is 2. The van der Waals surface area contributed by atoms with Crippen LogP contribution in [0.3, 0.4) is 0 Å². The first kappa shape index (κ1) is 14.3. The fourth-order valence-electron chi connectivity index (χ4n) is 2.68. The van der Waals surface area contributed by atoms with Gasteiger partial charge in [-0.2, -0.15) is 0 Å². The Balaban J connectivity index is 2.24. The predicted molar refractivity (Wildman–Crippen MR) is 88.4 cm³/mol. The first-order valence-corrected chi connectivity index (χ1v) is 7.16. The third kappa shape index (κ3) is 2.15. The van der Waals surface area contributed by atoms with Crippen LogP contribution in [-0.2, 0) is 6.54 Å². The summed E-state index contributed by atoms with van der Waals surface area (Å²) in [5, 5.41) is 0. The second kappa shape index (κ2) is 5.60. The Bertz CT molecular complexity index is 824. The van der Waals surface area contributed by atoms with Crippen molar-refractivity contribution in [3.8, 4) is 22.9 Å². The lowest BCUT2D eigenvalue weighted by Crippen LogP contribution is -1.98. The summed E-state index contributed by atoms with van der Waals surface area (Å²) in [6, 6.07) is 11.6. The summed E-state index contributed by atoms with van der Waals surface area (Å²) in [5.74, 6) is 2.25. The molecule has 2 N–H and O–H groups in total. The van der Waals surface area contributed by atoms with Gasteiger partial charge >= 0.3 is 0 Å². The highest BCUT2D eigenvalue weighted by atomic mass is 16.5. The van der Waals surface area contributed by atoms with Gasteiger partial charge in [-0.05, 0) is 37.3 Å². The number of hydrogen-bond donors (Lipinski definition) is 1. The summed E-state index contributed by atoms with van der Waals surface area (Å²) in [6.07, 6.45) is 0. The number of rotatable bonds is 4. The monoisotopic (exact) mass is 297 g/mol. The van der Waals surface area contributed by atoms with Crippen molar-refractivity contribution >= 4 is 16.7 Å². The standard InChI is InChI=1S/C17H19N3O2/c1-4-20-13-7-5-6-12(18)16(13)19-17(20)11-8-9-14(21-2)15(10-11)22-3/h5-10H,4,18H2,1-3H3. The summed E-state index contributed by atoms with van der Waals surface area (Å²) >= 11 is 0. The highest BCUT2D eigenvalue weighted by molar-refractivity contribution is 5.90. The number of aromatic nitrogens is 2. The zero-order valence-corrected chi connectivity index (χ0v) is 13.0. The molecule has 1 aromatic heterocycles. The first-order chi connectivity index (χ1) is 10.7. The molecule has 0 unspecified atom stereocenters. The Kier molecular flexibility index (Phi) is 3.63. The van der Waals surface area contributed by atoms with Crippen LogP contribution in [0.2, 0.25) is 0 Å². The molecular weight excluding hydrogens is 278 g/mol. The van der Waals surface area contributed by atoms with Crippen LogP contribution in [0, 0.1) is 0 Å². The Morgan fingerprint density at radius 1 is 1.09 bits per heavy atom. The normalized spacial score (nSPS) is 10.9. The Hall–Kier alpha value is -2.69. The molecule has 0 aliphatic heterocycles. The van der Waals surface area contributed by atoms with Crippen molar-refractivity contribution in [2.75, 3.05) is 20.0 Å². The van der Waals surface area contributed by atoms with Crippen molar-refractivity contribution in [3.05, 3.63) is 36.4 Å². The molecule has 3 rings (SSSR count). The van der Waals surface area contributed by atoms with E-state index < -0.39 is 0 Å². The Morgan fingerprint density at radius 3 is 2.55 bits per heavy atom. The second-order valence-electron chi connectivity index (χ2n) is 4.96. The molecule has 5 nitrogen and oxygen atoms in total. The molecule has 0 amide bonds. The SMILES string of the molecule is CCn1c(-c2ccc(OC)c(OC)c2)nc2c(N)cccc21. The van der Waals surface area contributed by atoms with Crippen LogP contribution in [0.1, 0.15) is 6.92 Å². The van der Waals surface area contributed by atoms with E-state index in [9.17, 15) is 0 Å². The number of imidazole rings is 1. The molecule has 0 saturated heterocycles. The van der Waals surface area contributed by atoms with E-state index >= 15 is 0 Å². The number of nitrogens with two attached hydrogens (primary N) is 1. The fraction of sp³-hybridized carbons (Fsp3) is 0.235. The quantitative estimate of drug-likeness (QED) is 0.750. The lowest BCUT2D eigenvalue weighted by Gasteiger charge is -2.10. The van der Waals surface area contributed by atoms with Gasteiger partial charge in [-0.15, -0.1) is 0 Å². The maximum Gasteiger partial charge on any atom is 0.161 e. The van der Waals surface area contributed by atoms with Crippen LogP contribution >= 0.6 is 0 Å². The van der Waals surface area contributed by atoms with Crippen LogP contribution in [-0.4, -0.2) is 23.8 Å². The number of para-hydroxylation sites is 1. The maximum absolute atomic E-state index is 6.05. The molecule has 114 valence electrons. The maximum atomic E-state index is 6.05. The van der Waals surface area contributed by atoms with Crippen LogP contribution in [0.25, 0.3) is 22.4 Å². The molecule has 0 atom stereocenters. The number of fused-ring (bicyclic) bond motifs is 1. The number of benzene rings is 2. The second-order valence-corrected chi connectivity index (χ2v) is 4.96. The van der Waals surface area contributed by atoms with E-state index in [1.807, 2.05) is 36.4 Å². The molecule has 5 heteroatoms. The van der Waals surface area contributed by atoms with Crippen LogP contribution in [0.5, 0.6) is 11.5 Å². The lowest BCUT2D eigenvalue weighted by molar-refractivity contribution is 0.355. The molecule has 0 aliphatic rings. The third-order valence-corrected chi connectivity index (χ3v) is 3.77. The van der Waals surface area contributed by atoms with E-state index in [1.54, 1.807) is 14.2 Å². The number of aryl methyl sites for hydroxylation is 1. The van der Waals surface area contributed by atoms with Crippen LogP contribution in [0.15, 0.2) is 36.4 Å². The highest BCUT2D eigenvalue weighted by Gasteiger charge is 2.15. The lowest BCUT2D eigenvalue weighted by atomic mass is 10.2. The minimum absolute atomic E-state index is 0.683. The Morgan fingerprint density at radius 2 is 1.86 bits per heavy atom. The highest BCUT2D eigenvalue weighted by Crippen LogP contribution is 2.34. The minimum Gasteiger partial charge on any atom is -0.493 e. The van der Waals surface area contributed by atoms with E-state index in [4.69, 9.17) is 20.2 Å². The molecule has 0 spiro atoms. The molecule has 0 aliphatic carbocycles. The van der Waals surface area contributed by atoms with E-state index in [0.29, 0.717) is 17.2 Å². The predicted octanol–water partition coefficient (Wildman–Crippen LogP) is 3.32. The fourth-order valence-corrected chi connectivity index (χ4v) is 2.68. The van der Waals surface area contributed by atoms with Crippen molar-refractivity contribution < 1.29 is 9.47 Å². The van der Waals surface area contributed by atoms with Gasteiger partial charge in [0.25, 0.3) is 0 Å². The molecule has 0 bridgehead atoms.